The molecule has 1 unspecified atom stereocenters. The van der Waals surface area contributed by atoms with E-state index in [1.807, 2.05) is 32.3 Å². The summed E-state index contributed by atoms with van der Waals surface area (Å²) in [4.78, 5) is 2.09. The Hall–Kier alpha value is -0.770. The molecule has 1 aromatic rings. The summed E-state index contributed by atoms with van der Waals surface area (Å²) in [6, 6.07) is 5.88. The summed E-state index contributed by atoms with van der Waals surface area (Å²) in [6.45, 7) is 3.61. The highest BCUT2D eigenvalue weighted by molar-refractivity contribution is 6.31. The first-order valence-electron chi connectivity index (χ1n) is 6.35. The Kier molecular flexibility index (Phi) is 6.47. The Morgan fingerprint density at radius 3 is 2.72 bits per heavy atom. The van der Waals surface area contributed by atoms with E-state index in [1.165, 1.54) is 0 Å². The quantitative estimate of drug-likeness (QED) is 0.828. The molecule has 0 aliphatic heterocycles. The Balaban J connectivity index is 2.73. The third kappa shape index (κ3) is 4.84. The van der Waals surface area contributed by atoms with Crippen LogP contribution in [0.4, 0.5) is 0 Å². The van der Waals surface area contributed by atoms with Gasteiger partial charge < -0.3 is 15.4 Å². The van der Waals surface area contributed by atoms with E-state index in [-0.39, 0.29) is 6.04 Å². The maximum Gasteiger partial charge on any atom is 0.124 e. The molecule has 0 aromatic heterocycles. The van der Waals surface area contributed by atoms with Gasteiger partial charge in [-0.3, -0.25) is 0 Å². The minimum atomic E-state index is 0.126. The second kappa shape index (κ2) is 7.62. The fraction of sp³-hybridized carbons (Fsp3) is 0.571. The lowest BCUT2D eigenvalue weighted by Gasteiger charge is -2.17. The highest BCUT2D eigenvalue weighted by Crippen LogP contribution is 2.27. The first-order chi connectivity index (χ1) is 8.54. The van der Waals surface area contributed by atoms with Gasteiger partial charge in [0, 0.05) is 23.2 Å². The van der Waals surface area contributed by atoms with Crippen molar-refractivity contribution in [2.45, 2.75) is 25.8 Å². The molecule has 0 amide bonds. The van der Waals surface area contributed by atoms with Gasteiger partial charge in [0.15, 0.2) is 0 Å². The van der Waals surface area contributed by atoms with Crippen molar-refractivity contribution in [2.24, 2.45) is 5.73 Å². The Morgan fingerprint density at radius 1 is 1.39 bits per heavy atom. The largest absolute Gasteiger partial charge is 0.492 e. The van der Waals surface area contributed by atoms with E-state index in [4.69, 9.17) is 22.1 Å². The van der Waals surface area contributed by atoms with Crippen LogP contribution < -0.4 is 10.5 Å². The zero-order valence-electron chi connectivity index (χ0n) is 11.4. The number of hydrogen-bond acceptors (Lipinski definition) is 3. The van der Waals surface area contributed by atoms with Crippen molar-refractivity contribution in [3.8, 4) is 5.75 Å². The lowest BCUT2D eigenvalue weighted by atomic mass is 10.0. The predicted molar refractivity (Wildman–Crippen MR) is 77.5 cm³/mol. The first kappa shape index (κ1) is 15.3. The molecule has 0 spiro atoms. The van der Waals surface area contributed by atoms with Crippen LogP contribution in [-0.4, -0.2) is 38.2 Å². The summed E-state index contributed by atoms with van der Waals surface area (Å²) in [5, 5.41) is 0.737. The van der Waals surface area contributed by atoms with Crippen LogP contribution in [0.2, 0.25) is 5.02 Å². The van der Waals surface area contributed by atoms with Crippen LogP contribution in [-0.2, 0) is 6.42 Å². The Bertz CT molecular complexity index is 369. The van der Waals surface area contributed by atoms with E-state index in [9.17, 15) is 0 Å². The van der Waals surface area contributed by atoms with Gasteiger partial charge in [0.2, 0.25) is 0 Å². The topological polar surface area (TPSA) is 38.5 Å². The van der Waals surface area contributed by atoms with E-state index in [0.29, 0.717) is 6.61 Å². The van der Waals surface area contributed by atoms with Crippen LogP contribution in [0.15, 0.2) is 18.2 Å². The molecule has 2 N–H and O–H groups in total. The SMILES string of the molecule is CCC(N)Cc1c(Cl)cccc1OCCN(C)C. The van der Waals surface area contributed by atoms with Gasteiger partial charge in [-0.15, -0.1) is 0 Å². The predicted octanol–water partition coefficient (Wildman–Crippen LogP) is 2.56. The molecule has 0 aliphatic rings. The van der Waals surface area contributed by atoms with Crippen LogP contribution in [0, 0.1) is 0 Å². The number of likely N-dealkylation sites (N-methyl/N-ethyl adjacent to an activating group) is 1. The molecule has 1 atom stereocenters. The lowest BCUT2D eigenvalue weighted by Crippen LogP contribution is -2.23. The van der Waals surface area contributed by atoms with Crippen molar-refractivity contribution in [3.05, 3.63) is 28.8 Å². The summed E-state index contributed by atoms with van der Waals surface area (Å²) in [5.41, 5.74) is 7.02. The smallest absolute Gasteiger partial charge is 0.124 e. The fourth-order valence-corrected chi connectivity index (χ4v) is 1.86. The van der Waals surface area contributed by atoms with Gasteiger partial charge in [-0.25, -0.2) is 0 Å². The van der Waals surface area contributed by atoms with Gasteiger partial charge >= 0.3 is 0 Å². The monoisotopic (exact) mass is 270 g/mol. The van der Waals surface area contributed by atoms with Gasteiger partial charge in [-0.2, -0.15) is 0 Å². The van der Waals surface area contributed by atoms with E-state index in [1.54, 1.807) is 0 Å². The van der Waals surface area contributed by atoms with Crippen LogP contribution in [0.5, 0.6) is 5.75 Å². The van der Waals surface area contributed by atoms with Crippen LogP contribution in [0.25, 0.3) is 0 Å². The van der Waals surface area contributed by atoms with E-state index in [2.05, 4.69) is 11.8 Å². The van der Waals surface area contributed by atoms with Gasteiger partial charge in [-0.1, -0.05) is 24.6 Å². The molecule has 0 heterocycles. The molecule has 102 valence electrons. The minimum absolute atomic E-state index is 0.126. The van der Waals surface area contributed by atoms with Crippen molar-refractivity contribution in [3.63, 3.8) is 0 Å². The molecule has 4 heteroatoms. The number of nitrogens with two attached hydrogens (primary N) is 1. The number of hydrogen-bond donors (Lipinski definition) is 1. The first-order valence-corrected chi connectivity index (χ1v) is 6.72. The second-order valence-electron chi connectivity index (χ2n) is 4.74. The Labute approximate surface area is 115 Å². The number of halogens is 1. The molecule has 1 rings (SSSR count). The molecule has 3 nitrogen and oxygen atoms in total. The van der Waals surface area contributed by atoms with Crippen molar-refractivity contribution >= 4 is 11.6 Å². The zero-order valence-corrected chi connectivity index (χ0v) is 12.2. The standard InChI is InChI=1S/C14H23ClN2O/c1-4-11(16)10-12-13(15)6-5-7-14(12)18-9-8-17(2)3/h5-7,11H,4,8-10,16H2,1-3H3. The average Bonchev–Trinajstić information content (AvgIpc) is 2.32. The summed E-state index contributed by atoms with van der Waals surface area (Å²) >= 11 is 6.23. The third-order valence-corrected chi connectivity index (χ3v) is 3.22. The molecule has 0 fully saturated rings. The number of benzene rings is 1. The Morgan fingerprint density at radius 2 is 2.11 bits per heavy atom. The number of ether oxygens (including phenoxy) is 1. The van der Waals surface area contributed by atoms with Gasteiger partial charge in [0.1, 0.15) is 12.4 Å². The number of rotatable bonds is 7. The molecule has 0 saturated carbocycles. The van der Waals surface area contributed by atoms with Crippen LogP contribution in [0.1, 0.15) is 18.9 Å². The molecule has 1 aromatic carbocycles. The third-order valence-electron chi connectivity index (χ3n) is 2.86. The maximum absolute atomic E-state index is 6.23. The second-order valence-corrected chi connectivity index (χ2v) is 5.15. The van der Waals surface area contributed by atoms with Crippen molar-refractivity contribution < 1.29 is 4.74 Å². The zero-order chi connectivity index (χ0) is 13.5. The summed E-state index contributed by atoms with van der Waals surface area (Å²) in [6.07, 6.45) is 1.69. The number of nitrogens with zero attached hydrogens (tertiary/aromatic N) is 1. The molecular weight excluding hydrogens is 248 g/mol. The van der Waals surface area contributed by atoms with Gasteiger partial charge in [0.25, 0.3) is 0 Å². The van der Waals surface area contributed by atoms with Gasteiger partial charge in [0.05, 0.1) is 0 Å². The van der Waals surface area contributed by atoms with E-state index < -0.39 is 0 Å². The molecule has 0 saturated heterocycles. The fourth-order valence-electron chi connectivity index (χ4n) is 1.62. The lowest BCUT2D eigenvalue weighted by molar-refractivity contribution is 0.259. The molecule has 0 aliphatic carbocycles. The normalized spacial score (nSPS) is 12.8. The molecular formula is C14H23ClN2O. The van der Waals surface area contributed by atoms with E-state index >= 15 is 0 Å². The minimum Gasteiger partial charge on any atom is -0.492 e. The summed E-state index contributed by atoms with van der Waals surface area (Å²) in [5.74, 6) is 0.855. The molecule has 0 radical (unpaired) electrons. The molecule has 0 bridgehead atoms. The van der Waals surface area contributed by atoms with Crippen LogP contribution in [0.3, 0.4) is 0 Å². The van der Waals surface area contributed by atoms with Gasteiger partial charge in [-0.05, 0) is 39.1 Å². The van der Waals surface area contributed by atoms with Crippen molar-refractivity contribution in [1.29, 1.82) is 0 Å². The van der Waals surface area contributed by atoms with Crippen molar-refractivity contribution in [2.75, 3.05) is 27.2 Å². The average molecular weight is 271 g/mol. The maximum atomic E-state index is 6.23. The van der Waals surface area contributed by atoms with Crippen molar-refractivity contribution in [1.82, 2.24) is 4.90 Å². The highest BCUT2D eigenvalue weighted by atomic mass is 35.5. The summed E-state index contributed by atoms with van der Waals surface area (Å²) in [7, 11) is 4.05. The van der Waals surface area contributed by atoms with E-state index in [0.717, 1.165) is 35.7 Å². The van der Waals surface area contributed by atoms with Crippen LogP contribution >= 0.6 is 11.6 Å². The summed E-state index contributed by atoms with van der Waals surface area (Å²) < 4.78 is 5.79. The molecule has 18 heavy (non-hydrogen) atoms. The highest BCUT2D eigenvalue weighted by Gasteiger charge is 2.11.